The van der Waals surface area contributed by atoms with Gasteiger partial charge in [-0.3, -0.25) is 0 Å². The van der Waals surface area contributed by atoms with Gasteiger partial charge in [0.25, 0.3) is 0 Å². The fourth-order valence-corrected chi connectivity index (χ4v) is 5.19. The first-order chi connectivity index (χ1) is 14.6. The van der Waals surface area contributed by atoms with E-state index in [9.17, 15) is 0 Å². The summed E-state index contributed by atoms with van der Waals surface area (Å²) in [6.45, 7) is 3.02. The lowest BCUT2D eigenvalue weighted by Crippen LogP contribution is -2.43. The zero-order valence-corrected chi connectivity index (χ0v) is 19.1. The minimum Gasteiger partial charge on any atom is -0.362 e. The second kappa shape index (κ2) is 9.97. The minimum absolute atomic E-state index is 0.0886. The lowest BCUT2D eigenvalue weighted by atomic mass is 9.69. The first kappa shape index (κ1) is 21.4. The van der Waals surface area contributed by atoms with Crippen LogP contribution in [-0.2, 0) is 5.41 Å². The Labute approximate surface area is 190 Å². The zero-order valence-electron chi connectivity index (χ0n) is 17.5. The molecule has 4 rings (SSSR count). The predicted octanol–water partition coefficient (Wildman–Crippen LogP) is 5.91. The summed E-state index contributed by atoms with van der Waals surface area (Å²) >= 11 is 11.9. The van der Waals surface area contributed by atoms with Crippen molar-refractivity contribution >= 4 is 40.4 Å². The van der Waals surface area contributed by atoms with Gasteiger partial charge >= 0.3 is 0 Å². The molecule has 2 aliphatic rings. The molecule has 0 atom stereocenters. The summed E-state index contributed by atoms with van der Waals surface area (Å²) in [5.41, 5.74) is 2.33. The SMILES string of the molecule is S=C(NCC1(c2cccc(Cl)c2)CCCCC1)Nc1ccc(N2CCCCC2)nc1. The normalized spacial score (nSPS) is 18.6. The Morgan fingerprint density at radius 1 is 1.03 bits per heavy atom. The van der Waals surface area contributed by atoms with Gasteiger partial charge in [-0.25, -0.2) is 4.98 Å². The number of nitrogens with one attached hydrogen (secondary N) is 2. The van der Waals surface area contributed by atoms with Crippen LogP contribution in [0.4, 0.5) is 11.5 Å². The largest absolute Gasteiger partial charge is 0.362 e. The molecule has 0 spiro atoms. The highest BCUT2D eigenvalue weighted by atomic mass is 35.5. The molecule has 6 heteroatoms. The number of halogens is 1. The standard InChI is InChI=1S/C24H31ClN4S/c25-20-9-7-8-19(16-20)24(12-3-1-4-13-24)18-27-23(30)28-21-10-11-22(26-17-21)29-14-5-2-6-15-29/h7-11,16-17H,1-6,12-15,18H2,(H2,27,28,30). The van der Waals surface area contributed by atoms with E-state index in [1.54, 1.807) is 0 Å². The molecule has 2 heterocycles. The van der Waals surface area contributed by atoms with Crippen molar-refractivity contribution in [1.82, 2.24) is 10.3 Å². The highest BCUT2D eigenvalue weighted by Gasteiger charge is 2.34. The molecule has 1 saturated carbocycles. The van der Waals surface area contributed by atoms with Crippen molar-refractivity contribution in [3.63, 3.8) is 0 Å². The van der Waals surface area contributed by atoms with Crippen molar-refractivity contribution < 1.29 is 0 Å². The Morgan fingerprint density at radius 3 is 2.50 bits per heavy atom. The molecule has 0 unspecified atom stereocenters. The van der Waals surface area contributed by atoms with Crippen LogP contribution in [0, 0.1) is 0 Å². The van der Waals surface area contributed by atoms with Crippen molar-refractivity contribution in [2.75, 3.05) is 29.9 Å². The smallest absolute Gasteiger partial charge is 0.170 e. The van der Waals surface area contributed by atoms with E-state index in [0.29, 0.717) is 5.11 Å². The molecule has 1 saturated heterocycles. The third-order valence-corrected chi connectivity index (χ3v) is 7.00. The summed E-state index contributed by atoms with van der Waals surface area (Å²) in [6, 6.07) is 12.5. The van der Waals surface area contributed by atoms with Crippen LogP contribution in [0.25, 0.3) is 0 Å². The van der Waals surface area contributed by atoms with Crippen LogP contribution in [0.5, 0.6) is 0 Å². The highest BCUT2D eigenvalue weighted by Crippen LogP contribution is 2.39. The molecule has 1 aromatic carbocycles. The predicted molar refractivity (Wildman–Crippen MR) is 131 cm³/mol. The summed E-state index contributed by atoms with van der Waals surface area (Å²) < 4.78 is 0. The molecule has 2 aromatic rings. The van der Waals surface area contributed by atoms with Gasteiger partial charge in [-0.05, 0) is 74.2 Å². The zero-order chi connectivity index (χ0) is 20.8. The first-order valence-electron chi connectivity index (χ1n) is 11.2. The number of hydrogen-bond acceptors (Lipinski definition) is 3. The van der Waals surface area contributed by atoms with Crippen molar-refractivity contribution in [2.24, 2.45) is 0 Å². The molecule has 2 fully saturated rings. The second-order valence-electron chi connectivity index (χ2n) is 8.61. The van der Waals surface area contributed by atoms with E-state index < -0.39 is 0 Å². The van der Waals surface area contributed by atoms with Crippen LogP contribution in [0.1, 0.15) is 56.9 Å². The number of thiocarbonyl (C=S) groups is 1. The number of nitrogens with zero attached hydrogens (tertiary/aromatic N) is 2. The van der Waals surface area contributed by atoms with E-state index in [0.717, 1.165) is 49.0 Å². The van der Waals surface area contributed by atoms with Crippen LogP contribution in [0.3, 0.4) is 0 Å². The van der Waals surface area contributed by atoms with Crippen molar-refractivity contribution in [3.05, 3.63) is 53.2 Å². The van der Waals surface area contributed by atoms with Crippen molar-refractivity contribution in [2.45, 2.75) is 56.8 Å². The van der Waals surface area contributed by atoms with E-state index in [1.807, 2.05) is 12.3 Å². The Balaban J connectivity index is 1.37. The molecular weight excluding hydrogens is 412 g/mol. The maximum absolute atomic E-state index is 6.30. The molecule has 1 aromatic heterocycles. The van der Waals surface area contributed by atoms with E-state index in [-0.39, 0.29) is 5.41 Å². The minimum atomic E-state index is 0.0886. The molecule has 1 aliphatic heterocycles. The quantitative estimate of drug-likeness (QED) is 0.563. The maximum atomic E-state index is 6.30. The van der Waals surface area contributed by atoms with Gasteiger partial charge in [-0.15, -0.1) is 0 Å². The van der Waals surface area contributed by atoms with Gasteiger partial charge in [0.1, 0.15) is 5.82 Å². The summed E-state index contributed by atoms with van der Waals surface area (Å²) in [7, 11) is 0. The Hall–Kier alpha value is -1.85. The topological polar surface area (TPSA) is 40.2 Å². The summed E-state index contributed by atoms with van der Waals surface area (Å²) in [6.07, 6.45) is 11.8. The average Bonchev–Trinajstić information content (AvgIpc) is 2.79. The maximum Gasteiger partial charge on any atom is 0.170 e. The van der Waals surface area contributed by atoms with Gasteiger partial charge in [-0.2, -0.15) is 0 Å². The fourth-order valence-electron chi connectivity index (χ4n) is 4.81. The van der Waals surface area contributed by atoms with Gasteiger partial charge in [0.15, 0.2) is 5.11 Å². The number of pyridine rings is 1. The van der Waals surface area contributed by atoms with E-state index >= 15 is 0 Å². The number of hydrogen-bond donors (Lipinski definition) is 2. The van der Waals surface area contributed by atoms with Gasteiger partial charge < -0.3 is 15.5 Å². The van der Waals surface area contributed by atoms with Crippen molar-refractivity contribution in [1.29, 1.82) is 0 Å². The lowest BCUT2D eigenvalue weighted by molar-refractivity contribution is 0.292. The average molecular weight is 443 g/mol. The summed E-state index contributed by atoms with van der Waals surface area (Å²) in [4.78, 5) is 7.00. The molecule has 0 bridgehead atoms. The molecule has 0 radical (unpaired) electrons. The van der Waals surface area contributed by atoms with Gasteiger partial charge in [0.2, 0.25) is 0 Å². The molecule has 2 N–H and O–H groups in total. The number of benzene rings is 1. The number of aromatic nitrogens is 1. The lowest BCUT2D eigenvalue weighted by Gasteiger charge is -2.38. The Morgan fingerprint density at radius 2 is 1.80 bits per heavy atom. The van der Waals surface area contributed by atoms with Gasteiger partial charge in [0.05, 0.1) is 11.9 Å². The third kappa shape index (κ3) is 5.25. The van der Waals surface area contributed by atoms with Gasteiger partial charge in [-0.1, -0.05) is 43.0 Å². The molecule has 30 heavy (non-hydrogen) atoms. The van der Waals surface area contributed by atoms with E-state index in [1.165, 1.54) is 44.1 Å². The molecule has 1 aliphatic carbocycles. The van der Waals surface area contributed by atoms with Crippen LogP contribution >= 0.6 is 23.8 Å². The molecule has 160 valence electrons. The van der Waals surface area contributed by atoms with Crippen molar-refractivity contribution in [3.8, 4) is 0 Å². The second-order valence-corrected chi connectivity index (χ2v) is 9.46. The highest BCUT2D eigenvalue weighted by molar-refractivity contribution is 7.80. The fraction of sp³-hybridized carbons (Fsp3) is 0.500. The van der Waals surface area contributed by atoms with E-state index in [2.05, 4.69) is 50.8 Å². The number of rotatable bonds is 5. The van der Waals surface area contributed by atoms with Crippen LogP contribution < -0.4 is 15.5 Å². The van der Waals surface area contributed by atoms with Crippen LogP contribution in [0.2, 0.25) is 5.02 Å². The third-order valence-electron chi connectivity index (χ3n) is 6.52. The monoisotopic (exact) mass is 442 g/mol. The molecular formula is C24H31ClN4S. The first-order valence-corrected chi connectivity index (χ1v) is 12.0. The van der Waals surface area contributed by atoms with E-state index in [4.69, 9.17) is 23.8 Å². The summed E-state index contributed by atoms with van der Waals surface area (Å²) in [5.74, 6) is 1.06. The Kier molecular flexibility index (Phi) is 7.11. The van der Waals surface area contributed by atoms with Gasteiger partial charge in [0, 0.05) is 30.1 Å². The molecule has 0 amide bonds. The molecule has 4 nitrogen and oxygen atoms in total. The Bertz CT molecular complexity index is 843. The number of anilines is 2. The number of piperidine rings is 1. The summed E-state index contributed by atoms with van der Waals surface area (Å²) in [5, 5.41) is 8.23. The van der Waals surface area contributed by atoms with Crippen LogP contribution in [0.15, 0.2) is 42.6 Å². The van der Waals surface area contributed by atoms with Crippen LogP contribution in [-0.4, -0.2) is 29.7 Å².